The first-order chi connectivity index (χ1) is 8.04. The highest BCUT2D eigenvalue weighted by molar-refractivity contribution is 4.96. The van der Waals surface area contributed by atoms with Crippen molar-refractivity contribution in [2.24, 2.45) is 10.8 Å². The molecule has 2 saturated heterocycles. The van der Waals surface area contributed by atoms with Crippen LogP contribution < -0.4 is 0 Å². The Kier molecular flexibility index (Phi) is 2.77. The molecule has 0 unspecified atom stereocenters. The van der Waals surface area contributed by atoms with Gasteiger partial charge in [-0.2, -0.15) is 0 Å². The van der Waals surface area contributed by atoms with Gasteiger partial charge in [-0.3, -0.25) is 0 Å². The molecule has 0 N–H and O–H groups in total. The molecule has 0 aromatic rings. The second kappa shape index (κ2) is 3.94. The van der Waals surface area contributed by atoms with Crippen molar-refractivity contribution in [1.82, 2.24) is 0 Å². The molecule has 3 rings (SSSR count). The minimum absolute atomic E-state index is 0.229. The molecular formula is C14H24O3. The summed E-state index contributed by atoms with van der Waals surface area (Å²) < 4.78 is 17.5. The SMILES string of the molecule is CC1(C)COCC2(CCC3(CC2)OCCO3)C1. The van der Waals surface area contributed by atoms with Crippen LogP contribution in [0.2, 0.25) is 0 Å². The van der Waals surface area contributed by atoms with Crippen molar-refractivity contribution in [1.29, 1.82) is 0 Å². The van der Waals surface area contributed by atoms with E-state index in [1.165, 1.54) is 19.3 Å². The van der Waals surface area contributed by atoms with Gasteiger partial charge in [-0.1, -0.05) is 13.8 Å². The predicted octanol–water partition coefficient (Wildman–Crippen LogP) is 2.74. The fourth-order valence-corrected chi connectivity index (χ4v) is 3.93. The third kappa shape index (κ3) is 2.25. The second-order valence-electron chi connectivity index (χ2n) is 6.94. The van der Waals surface area contributed by atoms with Crippen LogP contribution in [0.3, 0.4) is 0 Å². The maximum absolute atomic E-state index is 5.85. The van der Waals surface area contributed by atoms with Gasteiger partial charge in [-0.05, 0) is 30.1 Å². The van der Waals surface area contributed by atoms with Crippen LogP contribution in [0.1, 0.15) is 46.0 Å². The second-order valence-corrected chi connectivity index (χ2v) is 6.94. The highest BCUT2D eigenvalue weighted by Gasteiger charge is 2.49. The molecule has 0 amide bonds. The fraction of sp³-hybridized carbons (Fsp3) is 1.00. The van der Waals surface area contributed by atoms with Gasteiger partial charge in [0.25, 0.3) is 0 Å². The summed E-state index contributed by atoms with van der Waals surface area (Å²) in [7, 11) is 0. The van der Waals surface area contributed by atoms with Crippen LogP contribution in [0.4, 0.5) is 0 Å². The molecule has 3 heteroatoms. The van der Waals surface area contributed by atoms with Gasteiger partial charge in [0.05, 0.1) is 26.4 Å². The Hall–Kier alpha value is -0.120. The van der Waals surface area contributed by atoms with E-state index in [2.05, 4.69) is 13.8 Å². The molecule has 3 fully saturated rings. The van der Waals surface area contributed by atoms with Crippen LogP contribution in [0.5, 0.6) is 0 Å². The summed E-state index contributed by atoms with van der Waals surface area (Å²) in [5, 5.41) is 0. The van der Waals surface area contributed by atoms with E-state index in [4.69, 9.17) is 14.2 Å². The van der Waals surface area contributed by atoms with E-state index in [0.29, 0.717) is 10.8 Å². The van der Waals surface area contributed by atoms with Gasteiger partial charge >= 0.3 is 0 Å². The molecule has 0 radical (unpaired) electrons. The van der Waals surface area contributed by atoms with Crippen LogP contribution in [-0.4, -0.2) is 32.2 Å². The lowest BCUT2D eigenvalue weighted by Crippen LogP contribution is -2.47. The Morgan fingerprint density at radius 3 is 2.06 bits per heavy atom. The molecule has 2 spiro atoms. The van der Waals surface area contributed by atoms with Gasteiger partial charge in [-0.15, -0.1) is 0 Å². The van der Waals surface area contributed by atoms with E-state index in [9.17, 15) is 0 Å². The maximum Gasteiger partial charge on any atom is 0.168 e. The molecule has 3 nitrogen and oxygen atoms in total. The minimum atomic E-state index is -0.229. The highest BCUT2D eigenvalue weighted by atomic mass is 16.7. The molecular weight excluding hydrogens is 216 g/mol. The van der Waals surface area contributed by atoms with E-state index in [0.717, 1.165) is 39.3 Å². The summed E-state index contributed by atoms with van der Waals surface area (Å²) in [6, 6.07) is 0. The Balaban J connectivity index is 1.67. The number of hydrogen-bond donors (Lipinski definition) is 0. The van der Waals surface area contributed by atoms with Crippen molar-refractivity contribution >= 4 is 0 Å². The van der Waals surface area contributed by atoms with Crippen molar-refractivity contribution in [2.75, 3.05) is 26.4 Å². The minimum Gasteiger partial charge on any atom is -0.380 e. The Morgan fingerprint density at radius 1 is 0.824 bits per heavy atom. The third-order valence-corrected chi connectivity index (χ3v) is 4.64. The molecule has 0 atom stereocenters. The zero-order valence-electron chi connectivity index (χ0n) is 11.1. The Labute approximate surface area is 104 Å². The Bertz CT molecular complexity index is 282. The van der Waals surface area contributed by atoms with Crippen molar-refractivity contribution in [3.05, 3.63) is 0 Å². The molecule has 1 aliphatic carbocycles. The monoisotopic (exact) mass is 240 g/mol. The van der Waals surface area contributed by atoms with Crippen molar-refractivity contribution in [3.8, 4) is 0 Å². The zero-order chi connectivity index (χ0) is 12.0. The van der Waals surface area contributed by atoms with Gasteiger partial charge < -0.3 is 14.2 Å². The Morgan fingerprint density at radius 2 is 1.47 bits per heavy atom. The first kappa shape index (κ1) is 11.9. The lowest BCUT2D eigenvalue weighted by atomic mass is 9.63. The molecule has 17 heavy (non-hydrogen) atoms. The van der Waals surface area contributed by atoms with Crippen LogP contribution in [-0.2, 0) is 14.2 Å². The quantitative estimate of drug-likeness (QED) is 0.651. The lowest BCUT2D eigenvalue weighted by molar-refractivity contribution is -0.208. The molecule has 0 bridgehead atoms. The first-order valence-corrected chi connectivity index (χ1v) is 6.89. The average molecular weight is 240 g/mol. The van der Waals surface area contributed by atoms with Crippen molar-refractivity contribution in [2.45, 2.75) is 51.7 Å². The van der Waals surface area contributed by atoms with Crippen LogP contribution in [0.15, 0.2) is 0 Å². The summed E-state index contributed by atoms with van der Waals surface area (Å²) in [5.74, 6) is -0.229. The molecule has 1 saturated carbocycles. The summed E-state index contributed by atoms with van der Waals surface area (Å²) in [6.07, 6.45) is 5.77. The molecule has 0 aromatic carbocycles. The predicted molar refractivity (Wildman–Crippen MR) is 64.8 cm³/mol. The van der Waals surface area contributed by atoms with Gasteiger partial charge in [0.2, 0.25) is 0 Å². The van der Waals surface area contributed by atoms with Crippen LogP contribution in [0.25, 0.3) is 0 Å². The van der Waals surface area contributed by atoms with Crippen molar-refractivity contribution in [3.63, 3.8) is 0 Å². The van der Waals surface area contributed by atoms with E-state index >= 15 is 0 Å². The average Bonchev–Trinajstić information content (AvgIpc) is 2.71. The molecule has 2 aliphatic heterocycles. The zero-order valence-corrected chi connectivity index (χ0v) is 11.1. The van der Waals surface area contributed by atoms with Gasteiger partial charge in [0.1, 0.15) is 0 Å². The fourth-order valence-electron chi connectivity index (χ4n) is 3.93. The smallest absolute Gasteiger partial charge is 0.168 e. The molecule has 98 valence electrons. The van der Waals surface area contributed by atoms with Crippen LogP contribution >= 0.6 is 0 Å². The summed E-state index contributed by atoms with van der Waals surface area (Å²) in [5.41, 5.74) is 0.725. The largest absolute Gasteiger partial charge is 0.380 e. The topological polar surface area (TPSA) is 27.7 Å². The van der Waals surface area contributed by atoms with E-state index in [1.807, 2.05) is 0 Å². The van der Waals surface area contributed by atoms with Gasteiger partial charge in [-0.25, -0.2) is 0 Å². The summed E-state index contributed by atoms with van der Waals surface area (Å²) in [4.78, 5) is 0. The lowest BCUT2D eigenvalue weighted by Gasteiger charge is -2.49. The van der Waals surface area contributed by atoms with Gasteiger partial charge in [0.15, 0.2) is 5.79 Å². The third-order valence-electron chi connectivity index (χ3n) is 4.64. The van der Waals surface area contributed by atoms with Gasteiger partial charge in [0, 0.05) is 12.8 Å². The van der Waals surface area contributed by atoms with E-state index < -0.39 is 0 Å². The first-order valence-electron chi connectivity index (χ1n) is 6.89. The summed E-state index contributed by atoms with van der Waals surface area (Å²) >= 11 is 0. The molecule has 2 heterocycles. The standard InChI is InChI=1S/C14H24O3/c1-12(2)9-13(11-15-10-12)3-5-14(6-4-13)16-7-8-17-14/h3-11H2,1-2H3. The summed E-state index contributed by atoms with van der Waals surface area (Å²) in [6.45, 7) is 8.03. The van der Waals surface area contributed by atoms with E-state index in [-0.39, 0.29) is 5.79 Å². The molecule has 0 aromatic heterocycles. The van der Waals surface area contributed by atoms with Crippen molar-refractivity contribution < 1.29 is 14.2 Å². The highest BCUT2D eigenvalue weighted by Crippen LogP contribution is 2.51. The number of rotatable bonds is 0. The number of hydrogen-bond acceptors (Lipinski definition) is 3. The van der Waals surface area contributed by atoms with Crippen LogP contribution in [0, 0.1) is 10.8 Å². The van der Waals surface area contributed by atoms with E-state index in [1.54, 1.807) is 0 Å². The molecule has 3 aliphatic rings. The number of ether oxygens (including phenoxy) is 3. The normalized spacial score (nSPS) is 34.2. The maximum atomic E-state index is 5.85.